The van der Waals surface area contributed by atoms with Crippen molar-refractivity contribution in [3.05, 3.63) is 22.6 Å². The largest absolute Gasteiger partial charge is 0.444 e. The fourth-order valence-electron chi connectivity index (χ4n) is 2.24. The van der Waals surface area contributed by atoms with E-state index >= 15 is 0 Å². The molecule has 1 aromatic heterocycles. The number of halogens is 1. The molecule has 1 fully saturated rings. The van der Waals surface area contributed by atoms with E-state index in [-0.39, 0.29) is 10.7 Å². The minimum Gasteiger partial charge on any atom is -0.444 e. The molecule has 1 heterocycles. The summed E-state index contributed by atoms with van der Waals surface area (Å²) in [5.74, 6) is 0.238. The Morgan fingerprint density at radius 2 is 2.24 bits per heavy atom. The average molecular weight is 318 g/mol. The lowest BCUT2D eigenvalue weighted by Crippen LogP contribution is -2.38. The Hall–Kier alpha value is -0.420. The summed E-state index contributed by atoms with van der Waals surface area (Å²) in [7, 11) is 0. The van der Waals surface area contributed by atoms with Crippen LogP contribution in [0.3, 0.4) is 0 Å². The summed E-state index contributed by atoms with van der Waals surface area (Å²) in [4.78, 5) is 11.8. The highest BCUT2D eigenvalue weighted by Gasteiger charge is 2.33. The Morgan fingerprint density at radius 1 is 1.53 bits per heavy atom. The van der Waals surface area contributed by atoms with E-state index in [0.29, 0.717) is 10.4 Å². The lowest BCUT2D eigenvalue weighted by molar-refractivity contribution is 0.0920. The molecule has 1 amide bonds. The summed E-state index contributed by atoms with van der Waals surface area (Å²) in [6.45, 7) is 0.727. The molecular formula is C12H16BrNO2S. The Morgan fingerprint density at radius 3 is 2.76 bits per heavy atom. The molecular weight excluding hydrogens is 302 g/mol. The highest BCUT2D eigenvalue weighted by atomic mass is 79.9. The SMILES string of the molecule is CSC1(CNC(=O)c2ccc(Br)o2)CCCC1. The second kappa shape index (κ2) is 5.48. The number of rotatable bonds is 4. The highest BCUT2D eigenvalue weighted by Crippen LogP contribution is 2.39. The third-order valence-corrected chi connectivity index (χ3v) is 5.16. The van der Waals surface area contributed by atoms with Crippen molar-refractivity contribution in [2.24, 2.45) is 0 Å². The smallest absolute Gasteiger partial charge is 0.287 e. The third kappa shape index (κ3) is 3.07. The van der Waals surface area contributed by atoms with Crippen LogP contribution in [0, 0.1) is 0 Å². The highest BCUT2D eigenvalue weighted by molar-refractivity contribution is 9.10. The number of furan rings is 1. The van der Waals surface area contributed by atoms with E-state index in [2.05, 4.69) is 27.5 Å². The minimum absolute atomic E-state index is 0.129. The number of amides is 1. The number of hydrogen-bond donors (Lipinski definition) is 1. The first kappa shape index (κ1) is 13.0. The summed E-state index contributed by atoms with van der Waals surface area (Å²) in [5.41, 5.74) is 0. The van der Waals surface area contributed by atoms with Crippen LogP contribution < -0.4 is 5.32 Å². The fraction of sp³-hybridized carbons (Fsp3) is 0.583. The first-order chi connectivity index (χ1) is 8.15. The molecule has 5 heteroatoms. The second-order valence-electron chi connectivity index (χ2n) is 4.38. The van der Waals surface area contributed by atoms with Crippen molar-refractivity contribution in [3.63, 3.8) is 0 Å². The molecule has 1 N–H and O–H groups in total. The molecule has 0 atom stereocenters. The number of carbonyl (C=O) groups excluding carboxylic acids is 1. The topological polar surface area (TPSA) is 42.2 Å². The molecule has 0 aromatic carbocycles. The molecule has 0 aliphatic heterocycles. The summed E-state index contributed by atoms with van der Waals surface area (Å²) < 4.78 is 6.05. The Labute approximate surface area is 114 Å². The van der Waals surface area contributed by atoms with Crippen LogP contribution in [-0.2, 0) is 0 Å². The van der Waals surface area contributed by atoms with Crippen molar-refractivity contribution < 1.29 is 9.21 Å². The van der Waals surface area contributed by atoms with E-state index in [4.69, 9.17) is 4.42 Å². The van der Waals surface area contributed by atoms with Crippen LogP contribution in [0.5, 0.6) is 0 Å². The van der Waals surface area contributed by atoms with Gasteiger partial charge in [0.2, 0.25) is 0 Å². The van der Waals surface area contributed by atoms with Gasteiger partial charge in [-0.3, -0.25) is 4.79 Å². The van der Waals surface area contributed by atoms with Crippen LogP contribution in [0.1, 0.15) is 36.2 Å². The molecule has 1 aliphatic rings. The zero-order chi connectivity index (χ0) is 12.3. The molecule has 0 radical (unpaired) electrons. The van der Waals surface area contributed by atoms with Crippen molar-refractivity contribution >= 4 is 33.6 Å². The van der Waals surface area contributed by atoms with Crippen molar-refractivity contribution in [2.75, 3.05) is 12.8 Å². The van der Waals surface area contributed by atoms with Gasteiger partial charge in [-0.05, 0) is 47.2 Å². The van der Waals surface area contributed by atoms with Crippen LogP contribution in [0.25, 0.3) is 0 Å². The Kier molecular flexibility index (Phi) is 4.20. The first-order valence-electron chi connectivity index (χ1n) is 5.74. The van der Waals surface area contributed by atoms with Gasteiger partial charge in [0.05, 0.1) is 0 Å². The molecule has 3 nitrogen and oxygen atoms in total. The van der Waals surface area contributed by atoms with Crippen LogP contribution >= 0.6 is 27.7 Å². The summed E-state index contributed by atoms with van der Waals surface area (Å²) in [6.07, 6.45) is 7.04. The zero-order valence-electron chi connectivity index (χ0n) is 9.79. The molecule has 1 aliphatic carbocycles. The molecule has 0 saturated heterocycles. The van der Waals surface area contributed by atoms with Gasteiger partial charge >= 0.3 is 0 Å². The van der Waals surface area contributed by atoms with Gasteiger partial charge in [0.25, 0.3) is 5.91 Å². The van der Waals surface area contributed by atoms with Gasteiger partial charge in [0, 0.05) is 11.3 Å². The molecule has 1 aromatic rings. The predicted molar refractivity (Wildman–Crippen MR) is 73.5 cm³/mol. The van der Waals surface area contributed by atoms with Gasteiger partial charge < -0.3 is 9.73 Å². The Balaban J connectivity index is 1.91. The Bertz CT molecular complexity index is 399. The summed E-state index contributed by atoms with van der Waals surface area (Å²) >= 11 is 5.06. The van der Waals surface area contributed by atoms with Crippen molar-refractivity contribution in [2.45, 2.75) is 30.4 Å². The molecule has 1 saturated carbocycles. The molecule has 2 rings (SSSR count). The van der Waals surface area contributed by atoms with Crippen LogP contribution in [-0.4, -0.2) is 23.5 Å². The van der Waals surface area contributed by atoms with E-state index in [1.54, 1.807) is 12.1 Å². The van der Waals surface area contributed by atoms with Crippen LogP contribution in [0.4, 0.5) is 0 Å². The predicted octanol–water partition coefficient (Wildman–Crippen LogP) is 3.45. The first-order valence-corrected chi connectivity index (χ1v) is 7.76. The van der Waals surface area contributed by atoms with E-state index in [1.165, 1.54) is 25.7 Å². The maximum Gasteiger partial charge on any atom is 0.287 e. The van der Waals surface area contributed by atoms with Gasteiger partial charge in [-0.15, -0.1) is 0 Å². The molecule has 0 spiro atoms. The average Bonchev–Trinajstić information content (AvgIpc) is 2.95. The molecule has 94 valence electrons. The van der Waals surface area contributed by atoms with Gasteiger partial charge in [-0.25, -0.2) is 0 Å². The molecule has 0 unspecified atom stereocenters. The molecule has 17 heavy (non-hydrogen) atoms. The van der Waals surface area contributed by atoms with Crippen molar-refractivity contribution in [1.82, 2.24) is 5.32 Å². The maximum absolute atomic E-state index is 11.8. The van der Waals surface area contributed by atoms with E-state index in [9.17, 15) is 4.79 Å². The number of nitrogens with one attached hydrogen (secondary N) is 1. The van der Waals surface area contributed by atoms with Gasteiger partial charge in [0.1, 0.15) is 0 Å². The lowest BCUT2D eigenvalue weighted by atomic mass is 10.1. The van der Waals surface area contributed by atoms with Crippen LogP contribution in [0.15, 0.2) is 21.2 Å². The lowest BCUT2D eigenvalue weighted by Gasteiger charge is -2.26. The van der Waals surface area contributed by atoms with Gasteiger partial charge in [-0.1, -0.05) is 12.8 Å². The number of thioether (sulfide) groups is 1. The summed E-state index contributed by atoms with van der Waals surface area (Å²) in [6, 6.07) is 3.41. The minimum atomic E-state index is -0.129. The molecule has 0 bridgehead atoms. The fourth-order valence-corrected chi connectivity index (χ4v) is 3.46. The van der Waals surface area contributed by atoms with Crippen molar-refractivity contribution in [1.29, 1.82) is 0 Å². The normalized spacial score (nSPS) is 18.2. The maximum atomic E-state index is 11.8. The van der Waals surface area contributed by atoms with E-state index in [1.807, 2.05) is 11.8 Å². The number of carbonyl (C=O) groups is 1. The second-order valence-corrected chi connectivity index (χ2v) is 6.44. The standard InChI is InChI=1S/C12H16BrNO2S/c1-17-12(6-2-3-7-12)8-14-11(15)9-4-5-10(13)16-9/h4-5H,2-3,6-8H2,1H3,(H,14,15). The quantitative estimate of drug-likeness (QED) is 0.924. The van der Waals surface area contributed by atoms with E-state index < -0.39 is 0 Å². The zero-order valence-corrected chi connectivity index (χ0v) is 12.2. The van der Waals surface area contributed by atoms with E-state index in [0.717, 1.165) is 6.54 Å². The monoisotopic (exact) mass is 317 g/mol. The van der Waals surface area contributed by atoms with Gasteiger partial charge in [-0.2, -0.15) is 11.8 Å². The van der Waals surface area contributed by atoms with Crippen molar-refractivity contribution in [3.8, 4) is 0 Å². The third-order valence-electron chi connectivity index (χ3n) is 3.32. The van der Waals surface area contributed by atoms with Crippen LogP contribution in [0.2, 0.25) is 0 Å². The summed E-state index contributed by atoms with van der Waals surface area (Å²) in [5, 5.41) is 2.97. The van der Waals surface area contributed by atoms with Gasteiger partial charge in [0.15, 0.2) is 10.4 Å². The number of hydrogen-bond acceptors (Lipinski definition) is 3.